The van der Waals surface area contributed by atoms with Gasteiger partial charge in [-0.1, -0.05) is 17.4 Å². The summed E-state index contributed by atoms with van der Waals surface area (Å²) in [7, 11) is 0. The van der Waals surface area contributed by atoms with Crippen LogP contribution in [0.25, 0.3) is 32.6 Å². The minimum absolute atomic E-state index is 0.490. The number of nitrogen functional groups attached to an aromatic ring is 1. The Labute approximate surface area is 142 Å². The molecule has 1 aromatic carbocycles. The molecule has 2 N–H and O–H groups in total. The molecule has 24 heavy (non-hydrogen) atoms. The van der Waals surface area contributed by atoms with E-state index in [1.807, 2.05) is 24.3 Å². The van der Waals surface area contributed by atoms with Crippen LogP contribution in [0.1, 0.15) is 5.56 Å². The minimum atomic E-state index is 0.490. The van der Waals surface area contributed by atoms with E-state index in [4.69, 9.17) is 5.73 Å². The number of hydrogen-bond donors (Lipinski definition) is 1. The molecule has 3 aromatic heterocycles. The summed E-state index contributed by atoms with van der Waals surface area (Å²) in [5, 5.41) is 9.90. The van der Waals surface area contributed by atoms with Gasteiger partial charge in [0, 0.05) is 29.7 Å². The van der Waals surface area contributed by atoms with E-state index in [2.05, 4.69) is 21.0 Å². The Morgan fingerprint density at radius 2 is 1.96 bits per heavy atom. The van der Waals surface area contributed by atoms with Crippen molar-refractivity contribution in [1.29, 1.82) is 5.26 Å². The summed E-state index contributed by atoms with van der Waals surface area (Å²) in [6.07, 6.45) is 5.21. The molecule has 0 fully saturated rings. The molecule has 0 aliphatic carbocycles. The van der Waals surface area contributed by atoms with Crippen molar-refractivity contribution >= 4 is 26.7 Å². The molecular weight excluding hydrogens is 318 g/mol. The van der Waals surface area contributed by atoms with Crippen molar-refractivity contribution < 1.29 is 0 Å². The Morgan fingerprint density at radius 3 is 2.75 bits per heavy atom. The van der Waals surface area contributed by atoms with Gasteiger partial charge in [-0.05, 0) is 35.9 Å². The molecule has 6 heteroatoms. The van der Waals surface area contributed by atoms with Crippen LogP contribution in [0.4, 0.5) is 5.13 Å². The summed E-state index contributed by atoms with van der Waals surface area (Å²) in [6, 6.07) is 13.6. The van der Waals surface area contributed by atoms with Crippen LogP contribution >= 0.6 is 11.3 Å². The van der Waals surface area contributed by atoms with Crippen molar-refractivity contribution in [2.24, 2.45) is 0 Å². The maximum atomic E-state index is 9.41. The van der Waals surface area contributed by atoms with Gasteiger partial charge in [0.15, 0.2) is 5.13 Å². The first-order chi connectivity index (χ1) is 11.8. The van der Waals surface area contributed by atoms with Gasteiger partial charge in [0.2, 0.25) is 0 Å². The van der Waals surface area contributed by atoms with Crippen LogP contribution < -0.4 is 5.73 Å². The highest BCUT2D eigenvalue weighted by Crippen LogP contribution is 2.38. The van der Waals surface area contributed by atoms with Crippen LogP contribution in [0.3, 0.4) is 0 Å². The second-order valence-corrected chi connectivity index (χ2v) is 6.21. The molecule has 4 aromatic rings. The van der Waals surface area contributed by atoms with Gasteiger partial charge in [-0.15, -0.1) is 0 Å². The van der Waals surface area contributed by atoms with E-state index in [-0.39, 0.29) is 0 Å². The van der Waals surface area contributed by atoms with Crippen LogP contribution in [0, 0.1) is 11.3 Å². The number of nitrogens with zero attached hydrogens (tertiary/aromatic N) is 4. The molecule has 0 radical (unpaired) electrons. The van der Waals surface area contributed by atoms with Crippen LogP contribution in [-0.2, 0) is 0 Å². The third kappa shape index (κ3) is 2.37. The van der Waals surface area contributed by atoms with Gasteiger partial charge in [-0.3, -0.25) is 9.97 Å². The highest BCUT2D eigenvalue weighted by atomic mass is 32.1. The standard InChI is InChI=1S/C18H11N5S/c19-9-11-3-2-6-22-16(11)14-7-13(12-4-1-5-21-10-12)8-15-17(14)24-18(20)23-15/h1-8,10H,(H2,20,23). The molecule has 0 saturated carbocycles. The molecule has 0 aliphatic rings. The van der Waals surface area contributed by atoms with E-state index in [9.17, 15) is 5.26 Å². The van der Waals surface area contributed by atoms with Crippen molar-refractivity contribution in [3.63, 3.8) is 0 Å². The number of thiazole rings is 1. The summed E-state index contributed by atoms with van der Waals surface area (Å²) in [6.45, 7) is 0. The highest BCUT2D eigenvalue weighted by molar-refractivity contribution is 7.22. The van der Waals surface area contributed by atoms with Gasteiger partial charge < -0.3 is 5.73 Å². The summed E-state index contributed by atoms with van der Waals surface area (Å²) < 4.78 is 0.926. The molecular formula is C18H11N5S. The second-order valence-electron chi connectivity index (χ2n) is 5.18. The molecule has 5 nitrogen and oxygen atoms in total. The van der Waals surface area contributed by atoms with E-state index in [1.165, 1.54) is 11.3 Å². The van der Waals surface area contributed by atoms with Gasteiger partial charge in [-0.25, -0.2) is 4.98 Å². The number of pyridine rings is 2. The van der Waals surface area contributed by atoms with Crippen molar-refractivity contribution in [3.05, 3.63) is 60.6 Å². The lowest BCUT2D eigenvalue weighted by Gasteiger charge is -2.08. The van der Waals surface area contributed by atoms with E-state index in [0.29, 0.717) is 16.4 Å². The Balaban J connectivity index is 2.05. The fourth-order valence-corrected chi connectivity index (χ4v) is 3.46. The van der Waals surface area contributed by atoms with E-state index in [0.717, 1.165) is 26.9 Å². The van der Waals surface area contributed by atoms with Crippen LogP contribution in [-0.4, -0.2) is 15.0 Å². The number of fused-ring (bicyclic) bond motifs is 1. The van der Waals surface area contributed by atoms with Crippen molar-refractivity contribution in [1.82, 2.24) is 15.0 Å². The summed E-state index contributed by atoms with van der Waals surface area (Å²) in [4.78, 5) is 13.0. The van der Waals surface area contributed by atoms with Crippen molar-refractivity contribution in [2.75, 3.05) is 5.73 Å². The first-order valence-electron chi connectivity index (χ1n) is 7.22. The molecule has 114 valence electrons. The predicted molar refractivity (Wildman–Crippen MR) is 95.2 cm³/mol. The van der Waals surface area contributed by atoms with E-state index < -0.39 is 0 Å². The van der Waals surface area contributed by atoms with Crippen LogP contribution in [0.15, 0.2) is 55.0 Å². The topological polar surface area (TPSA) is 88.5 Å². The quantitative estimate of drug-likeness (QED) is 0.603. The Bertz CT molecular complexity index is 1080. The molecule has 0 aliphatic heterocycles. The van der Waals surface area contributed by atoms with Crippen LogP contribution in [0.5, 0.6) is 0 Å². The zero-order valence-corrected chi connectivity index (χ0v) is 13.3. The number of benzene rings is 1. The second kappa shape index (κ2) is 5.72. The number of nitrogens with two attached hydrogens (primary N) is 1. The molecule has 0 bridgehead atoms. The lowest BCUT2D eigenvalue weighted by molar-refractivity contribution is 1.30. The summed E-state index contributed by atoms with van der Waals surface area (Å²) in [5.41, 5.74) is 10.7. The first-order valence-corrected chi connectivity index (χ1v) is 8.04. The maximum absolute atomic E-state index is 9.41. The number of anilines is 1. The third-order valence-corrected chi connectivity index (χ3v) is 4.62. The van der Waals surface area contributed by atoms with Crippen molar-refractivity contribution in [2.45, 2.75) is 0 Å². The molecule has 0 amide bonds. The fraction of sp³-hybridized carbons (Fsp3) is 0. The van der Waals surface area contributed by atoms with Crippen molar-refractivity contribution in [3.8, 4) is 28.5 Å². The van der Waals surface area contributed by atoms with E-state index in [1.54, 1.807) is 30.7 Å². The smallest absolute Gasteiger partial charge is 0.181 e. The number of rotatable bonds is 2. The highest BCUT2D eigenvalue weighted by Gasteiger charge is 2.15. The average molecular weight is 329 g/mol. The monoisotopic (exact) mass is 329 g/mol. The molecule has 0 spiro atoms. The third-order valence-electron chi connectivity index (χ3n) is 3.68. The van der Waals surface area contributed by atoms with Gasteiger partial charge in [0.25, 0.3) is 0 Å². The Hall–Kier alpha value is -3.30. The summed E-state index contributed by atoms with van der Waals surface area (Å²) >= 11 is 1.40. The number of nitriles is 1. The molecule has 3 heterocycles. The number of hydrogen-bond acceptors (Lipinski definition) is 6. The molecule has 0 unspecified atom stereocenters. The Morgan fingerprint density at radius 1 is 1.08 bits per heavy atom. The van der Waals surface area contributed by atoms with Gasteiger partial charge in [-0.2, -0.15) is 5.26 Å². The zero-order valence-electron chi connectivity index (χ0n) is 12.5. The fourth-order valence-electron chi connectivity index (χ4n) is 2.64. The van der Waals surface area contributed by atoms with Gasteiger partial charge >= 0.3 is 0 Å². The SMILES string of the molecule is N#Cc1cccnc1-c1cc(-c2cccnc2)cc2nc(N)sc12. The summed E-state index contributed by atoms with van der Waals surface area (Å²) in [5.74, 6) is 0. The number of aromatic nitrogens is 3. The zero-order chi connectivity index (χ0) is 16.5. The lowest BCUT2D eigenvalue weighted by Crippen LogP contribution is -1.90. The average Bonchev–Trinajstić information content (AvgIpc) is 3.01. The Kier molecular flexibility index (Phi) is 3.41. The molecule has 0 atom stereocenters. The van der Waals surface area contributed by atoms with Crippen LogP contribution in [0.2, 0.25) is 0 Å². The molecule has 4 rings (SSSR count). The predicted octanol–water partition coefficient (Wildman–Crippen LogP) is 3.87. The lowest BCUT2D eigenvalue weighted by atomic mass is 10.00. The van der Waals surface area contributed by atoms with Gasteiger partial charge in [0.05, 0.1) is 21.5 Å². The first kappa shape index (κ1) is 14.3. The van der Waals surface area contributed by atoms with E-state index >= 15 is 0 Å². The maximum Gasteiger partial charge on any atom is 0.181 e. The largest absolute Gasteiger partial charge is 0.375 e. The minimum Gasteiger partial charge on any atom is -0.375 e. The van der Waals surface area contributed by atoms with Gasteiger partial charge in [0.1, 0.15) is 6.07 Å². The molecule has 0 saturated heterocycles. The normalized spacial score (nSPS) is 10.6.